The summed E-state index contributed by atoms with van der Waals surface area (Å²) in [6.45, 7) is 0.934. The molecule has 0 aliphatic carbocycles. The van der Waals surface area contributed by atoms with Crippen molar-refractivity contribution >= 4 is 17.7 Å². The first-order valence-corrected chi connectivity index (χ1v) is 6.19. The van der Waals surface area contributed by atoms with E-state index in [1.54, 1.807) is 18.2 Å². The molecule has 1 aromatic rings. The van der Waals surface area contributed by atoms with E-state index in [0.29, 0.717) is 11.3 Å². The lowest BCUT2D eigenvalue weighted by atomic mass is 10.1. The van der Waals surface area contributed by atoms with Crippen molar-refractivity contribution in [3.05, 3.63) is 29.8 Å². The molecule has 0 heterocycles. The number of hydrogen-bond acceptors (Lipinski definition) is 5. The second-order valence-corrected chi connectivity index (χ2v) is 4.29. The third kappa shape index (κ3) is 5.62. The van der Waals surface area contributed by atoms with Crippen LogP contribution in [0.5, 0.6) is 5.75 Å². The molecule has 1 rings (SSSR count). The molecule has 7 heteroatoms. The van der Waals surface area contributed by atoms with Crippen LogP contribution in [0.2, 0.25) is 0 Å². The smallest absolute Gasteiger partial charge is 0.328 e. The Morgan fingerprint density at radius 3 is 2.62 bits per heavy atom. The highest BCUT2D eigenvalue weighted by atomic mass is 16.5. The Balaban J connectivity index is 2.54. The number of carbonyl (C=O) groups is 3. The van der Waals surface area contributed by atoms with Gasteiger partial charge in [0.05, 0.1) is 6.61 Å². The Labute approximate surface area is 121 Å². The van der Waals surface area contributed by atoms with Crippen LogP contribution in [0, 0.1) is 0 Å². The molecule has 0 aromatic heterocycles. The minimum absolute atomic E-state index is 0.115. The summed E-state index contributed by atoms with van der Waals surface area (Å²) in [5.74, 6) is -1.54. The number of rotatable bonds is 8. The Morgan fingerprint density at radius 1 is 1.33 bits per heavy atom. The van der Waals surface area contributed by atoms with E-state index >= 15 is 0 Å². The van der Waals surface area contributed by atoms with Crippen molar-refractivity contribution in [1.29, 1.82) is 0 Å². The van der Waals surface area contributed by atoms with Crippen molar-refractivity contribution in [3.63, 3.8) is 0 Å². The number of aliphatic carboxylic acids is 1. The topological polar surface area (TPSA) is 102 Å². The number of amides is 1. The van der Waals surface area contributed by atoms with Crippen molar-refractivity contribution in [2.24, 2.45) is 0 Å². The predicted octanol–water partition coefficient (Wildman–Crippen LogP) is 0.484. The summed E-state index contributed by atoms with van der Waals surface area (Å²) in [4.78, 5) is 33.7. The maximum atomic E-state index is 11.6. The fourth-order valence-corrected chi connectivity index (χ4v) is 1.53. The number of carboxylic acid groups (broad SMARTS) is 1. The number of hydrogen-bond donors (Lipinski definition) is 2. The zero-order valence-corrected chi connectivity index (χ0v) is 11.8. The second kappa shape index (κ2) is 8.01. The zero-order valence-electron chi connectivity index (χ0n) is 11.8. The summed E-state index contributed by atoms with van der Waals surface area (Å²) >= 11 is 0. The van der Waals surface area contributed by atoms with Gasteiger partial charge in [-0.2, -0.15) is 0 Å². The van der Waals surface area contributed by atoms with Gasteiger partial charge in [0.2, 0.25) is 0 Å². The predicted molar refractivity (Wildman–Crippen MR) is 73.4 cm³/mol. The average Bonchev–Trinajstić information content (AvgIpc) is 2.45. The molecule has 0 radical (unpaired) electrons. The summed E-state index contributed by atoms with van der Waals surface area (Å²) in [5, 5.41) is 11.1. The third-order valence-electron chi connectivity index (χ3n) is 2.58. The van der Waals surface area contributed by atoms with Crippen molar-refractivity contribution in [2.45, 2.75) is 13.0 Å². The van der Waals surface area contributed by atoms with Crippen LogP contribution in [0.1, 0.15) is 17.3 Å². The Bertz CT molecular complexity index is 528. The molecule has 1 amide bonds. The van der Waals surface area contributed by atoms with Crippen molar-refractivity contribution in [1.82, 2.24) is 5.32 Å². The SMILES string of the molecule is COCC(NC(=O)COc1cccc(C(C)=O)c1)C(=O)O. The van der Waals surface area contributed by atoms with Gasteiger partial charge in [-0.3, -0.25) is 9.59 Å². The molecule has 7 nitrogen and oxygen atoms in total. The zero-order chi connectivity index (χ0) is 15.8. The van der Waals surface area contributed by atoms with Gasteiger partial charge < -0.3 is 19.9 Å². The van der Waals surface area contributed by atoms with Gasteiger partial charge in [-0.05, 0) is 19.1 Å². The summed E-state index contributed by atoms with van der Waals surface area (Å²) < 4.78 is 9.92. The lowest BCUT2D eigenvalue weighted by Gasteiger charge is -2.14. The molecule has 2 N–H and O–H groups in total. The van der Waals surface area contributed by atoms with Gasteiger partial charge in [-0.15, -0.1) is 0 Å². The molecule has 0 saturated carbocycles. The summed E-state index contributed by atoms with van der Waals surface area (Å²) in [6.07, 6.45) is 0. The Kier molecular flexibility index (Phi) is 6.35. The number of Topliss-reactive ketones (excluding diaryl/α,β-unsaturated/α-hetero) is 1. The number of methoxy groups -OCH3 is 1. The fraction of sp³-hybridized carbons (Fsp3) is 0.357. The second-order valence-electron chi connectivity index (χ2n) is 4.29. The van der Waals surface area contributed by atoms with Gasteiger partial charge in [0.25, 0.3) is 5.91 Å². The van der Waals surface area contributed by atoms with Crippen LogP contribution in [-0.4, -0.2) is 49.1 Å². The average molecular weight is 295 g/mol. The fourth-order valence-electron chi connectivity index (χ4n) is 1.53. The van der Waals surface area contributed by atoms with E-state index in [-0.39, 0.29) is 19.0 Å². The number of carbonyl (C=O) groups excluding carboxylic acids is 2. The van der Waals surface area contributed by atoms with E-state index in [2.05, 4.69) is 5.32 Å². The molecule has 0 fully saturated rings. The van der Waals surface area contributed by atoms with Gasteiger partial charge in [0, 0.05) is 12.7 Å². The molecule has 0 aliphatic heterocycles. The van der Waals surface area contributed by atoms with E-state index in [1.807, 2.05) is 0 Å². The molecule has 0 bridgehead atoms. The van der Waals surface area contributed by atoms with Gasteiger partial charge in [-0.1, -0.05) is 12.1 Å². The van der Waals surface area contributed by atoms with E-state index in [9.17, 15) is 14.4 Å². The van der Waals surface area contributed by atoms with Crippen LogP contribution in [-0.2, 0) is 14.3 Å². The summed E-state index contributed by atoms with van der Waals surface area (Å²) in [6, 6.07) is 5.25. The van der Waals surface area contributed by atoms with Crippen LogP contribution in [0.4, 0.5) is 0 Å². The molecule has 1 unspecified atom stereocenters. The van der Waals surface area contributed by atoms with E-state index in [1.165, 1.54) is 20.1 Å². The lowest BCUT2D eigenvalue weighted by Crippen LogP contribution is -2.45. The molecule has 0 spiro atoms. The van der Waals surface area contributed by atoms with E-state index in [4.69, 9.17) is 14.6 Å². The first kappa shape index (κ1) is 16.6. The standard InChI is InChI=1S/C14H17NO6/c1-9(16)10-4-3-5-11(6-10)21-8-13(17)15-12(7-20-2)14(18)19/h3-6,12H,7-8H2,1-2H3,(H,15,17)(H,18,19). The Hall–Kier alpha value is -2.41. The highest BCUT2D eigenvalue weighted by Crippen LogP contribution is 2.13. The van der Waals surface area contributed by atoms with Gasteiger partial charge in [-0.25, -0.2) is 4.79 Å². The highest BCUT2D eigenvalue weighted by molar-refractivity contribution is 5.94. The summed E-state index contributed by atoms with van der Waals surface area (Å²) in [5.41, 5.74) is 0.468. The van der Waals surface area contributed by atoms with Crippen LogP contribution in [0.25, 0.3) is 0 Å². The number of carboxylic acids is 1. The minimum Gasteiger partial charge on any atom is -0.484 e. The first-order valence-electron chi connectivity index (χ1n) is 6.19. The first-order chi connectivity index (χ1) is 9.93. The lowest BCUT2D eigenvalue weighted by molar-refractivity contribution is -0.143. The number of ether oxygens (including phenoxy) is 2. The molecule has 1 aromatic carbocycles. The largest absolute Gasteiger partial charge is 0.484 e. The normalized spacial score (nSPS) is 11.5. The van der Waals surface area contributed by atoms with E-state index < -0.39 is 17.9 Å². The molecule has 0 aliphatic rings. The van der Waals surface area contributed by atoms with Crippen LogP contribution in [0.3, 0.4) is 0 Å². The summed E-state index contributed by atoms with van der Waals surface area (Å²) in [7, 11) is 1.34. The van der Waals surface area contributed by atoms with Crippen LogP contribution < -0.4 is 10.1 Å². The molecule has 0 saturated heterocycles. The van der Waals surface area contributed by atoms with Gasteiger partial charge in [0.1, 0.15) is 5.75 Å². The quantitative estimate of drug-likeness (QED) is 0.676. The number of benzene rings is 1. The molecule has 114 valence electrons. The van der Waals surface area contributed by atoms with Crippen molar-refractivity contribution < 1.29 is 29.0 Å². The van der Waals surface area contributed by atoms with Gasteiger partial charge in [0.15, 0.2) is 18.4 Å². The van der Waals surface area contributed by atoms with Crippen molar-refractivity contribution in [3.8, 4) is 5.75 Å². The number of nitrogens with one attached hydrogen (secondary N) is 1. The van der Waals surface area contributed by atoms with E-state index in [0.717, 1.165) is 0 Å². The number of ketones is 1. The third-order valence-corrected chi connectivity index (χ3v) is 2.58. The van der Waals surface area contributed by atoms with Crippen LogP contribution in [0.15, 0.2) is 24.3 Å². The van der Waals surface area contributed by atoms with Crippen molar-refractivity contribution in [2.75, 3.05) is 20.3 Å². The van der Waals surface area contributed by atoms with Crippen LogP contribution >= 0.6 is 0 Å². The molecule has 1 atom stereocenters. The minimum atomic E-state index is -1.19. The maximum Gasteiger partial charge on any atom is 0.328 e. The monoisotopic (exact) mass is 295 g/mol. The molecular formula is C14H17NO6. The maximum absolute atomic E-state index is 11.6. The Morgan fingerprint density at radius 2 is 2.05 bits per heavy atom. The highest BCUT2D eigenvalue weighted by Gasteiger charge is 2.19. The molecule has 21 heavy (non-hydrogen) atoms. The van der Waals surface area contributed by atoms with Gasteiger partial charge >= 0.3 is 5.97 Å². The molecular weight excluding hydrogens is 278 g/mol.